The van der Waals surface area contributed by atoms with E-state index in [0.717, 1.165) is 5.01 Å². The Morgan fingerprint density at radius 3 is 2.73 bits per heavy atom. The number of ether oxygens (including phenoxy) is 1. The molecule has 0 saturated carbocycles. The van der Waals surface area contributed by atoms with Gasteiger partial charge in [0.2, 0.25) is 0 Å². The lowest BCUT2D eigenvalue weighted by Crippen LogP contribution is -1.98. The lowest BCUT2D eigenvalue weighted by Gasteiger charge is -1.92. The first-order valence-corrected chi connectivity index (χ1v) is 4.16. The predicted molar refractivity (Wildman–Crippen MR) is 45.4 cm³/mol. The zero-order valence-corrected chi connectivity index (χ0v) is 7.83. The fourth-order valence-electron chi connectivity index (χ4n) is 0.642. The van der Waals surface area contributed by atoms with Gasteiger partial charge in [-0.2, -0.15) is 0 Å². The number of aromatic nitrogens is 1. The second-order valence-corrected chi connectivity index (χ2v) is 3.50. The number of thiazole rings is 1. The van der Waals surface area contributed by atoms with Crippen molar-refractivity contribution in [2.75, 3.05) is 7.11 Å². The minimum absolute atomic E-state index is 0.374. The smallest absolute Gasteiger partial charge is 0.350 e. The largest absolute Gasteiger partial charge is 0.465 e. The molecule has 0 aliphatic carbocycles. The maximum Gasteiger partial charge on any atom is 0.350 e. The zero-order valence-electron chi connectivity index (χ0n) is 6.12. The second-order valence-electron chi connectivity index (χ2n) is 1.88. The van der Waals surface area contributed by atoms with Gasteiger partial charge < -0.3 is 4.74 Å². The highest BCUT2D eigenvalue weighted by molar-refractivity contribution is 7.80. The molecule has 1 heterocycles. The first-order valence-electron chi connectivity index (χ1n) is 2.90. The molecule has 0 aliphatic rings. The van der Waals surface area contributed by atoms with E-state index in [1.165, 1.54) is 18.4 Å². The Hall–Kier alpha value is -0.550. The number of hydrogen-bond acceptors (Lipinski definition) is 5. The first-order chi connectivity index (χ1) is 5.15. The molecule has 0 unspecified atom stereocenters. The SMILES string of the molecule is COC(=O)c1sc(C)nc1S. The number of aryl methyl sites for hydroxylation is 1. The van der Waals surface area contributed by atoms with Gasteiger partial charge in [0, 0.05) is 0 Å². The maximum atomic E-state index is 10.9. The van der Waals surface area contributed by atoms with E-state index in [0.29, 0.717) is 9.90 Å². The fourth-order valence-corrected chi connectivity index (χ4v) is 1.82. The van der Waals surface area contributed by atoms with Crippen molar-refractivity contribution in [2.45, 2.75) is 11.9 Å². The molecule has 0 bridgehead atoms. The Balaban J connectivity index is 3.03. The van der Waals surface area contributed by atoms with Crippen molar-refractivity contribution in [1.29, 1.82) is 0 Å². The number of esters is 1. The van der Waals surface area contributed by atoms with Crippen molar-refractivity contribution < 1.29 is 9.53 Å². The van der Waals surface area contributed by atoms with E-state index in [-0.39, 0.29) is 5.97 Å². The van der Waals surface area contributed by atoms with Gasteiger partial charge in [-0.05, 0) is 6.92 Å². The molecule has 0 spiro atoms. The molecular formula is C6H7NO2S2. The van der Waals surface area contributed by atoms with Gasteiger partial charge in [0.1, 0.15) is 9.90 Å². The minimum atomic E-state index is -0.374. The average Bonchev–Trinajstić information content (AvgIpc) is 2.28. The number of nitrogens with zero attached hydrogens (tertiary/aromatic N) is 1. The molecule has 60 valence electrons. The van der Waals surface area contributed by atoms with Crippen molar-refractivity contribution in [3.63, 3.8) is 0 Å². The van der Waals surface area contributed by atoms with Crippen LogP contribution < -0.4 is 0 Å². The monoisotopic (exact) mass is 189 g/mol. The maximum absolute atomic E-state index is 10.9. The lowest BCUT2D eigenvalue weighted by atomic mass is 10.6. The van der Waals surface area contributed by atoms with E-state index in [4.69, 9.17) is 0 Å². The zero-order chi connectivity index (χ0) is 8.43. The van der Waals surface area contributed by atoms with Crippen LogP contribution in [0.15, 0.2) is 5.03 Å². The van der Waals surface area contributed by atoms with Crippen molar-refractivity contribution in [3.8, 4) is 0 Å². The molecule has 1 aromatic rings. The molecule has 1 rings (SSSR count). The van der Waals surface area contributed by atoms with E-state index < -0.39 is 0 Å². The normalized spacial score (nSPS) is 9.73. The molecule has 1 aromatic heterocycles. The Labute approximate surface area is 73.8 Å². The van der Waals surface area contributed by atoms with Gasteiger partial charge in [-0.3, -0.25) is 0 Å². The summed E-state index contributed by atoms with van der Waals surface area (Å²) in [6.45, 7) is 1.82. The third-order valence-electron chi connectivity index (χ3n) is 1.09. The lowest BCUT2D eigenvalue weighted by molar-refractivity contribution is 0.0602. The summed E-state index contributed by atoms with van der Waals surface area (Å²) >= 11 is 5.30. The molecule has 0 aromatic carbocycles. The number of methoxy groups -OCH3 is 1. The van der Waals surface area contributed by atoms with E-state index >= 15 is 0 Å². The summed E-state index contributed by atoms with van der Waals surface area (Å²) in [6.07, 6.45) is 0. The Bertz CT molecular complexity index is 282. The molecule has 0 amide bonds. The van der Waals surface area contributed by atoms with Crippen LogP contribution in [-0.4, -0.2) is 18.1 Å². The van der Waals surface area contributed by atoms with Gasteiger partial charge in [-0.15, -0.1) is 24.0 Å². The number of thiol groups is 1. The van der Waals surface area contributed by atoms with Gasteiger partial charge in [0.05, 0.1) is 12.1 Å². The third kappa shape index (κ3) is 1.72. The summed E-state index contributed by atoms with van der Waals surface area (Å²) in [6, 6.07) is 0. The highest BCUT2D eigenvalue weighted by atomic mass is 32.1. The van der Waals surface area contributed by atoms with E-state index in [1.807, 2.05) is 6.92 Å². The summed E-state index contributed by atoms with van der Waals surface area (Å²) in [5.74, 6) is -0.374. The summed E-state index contributed by atoms with van der Waals surface area (Å²) in [5.41, 5.74) is 0. The molecule has 0 radical (unpaired) electrons. The second kappa shape index (κ2) is 3.23. The Kier molecular flexibility index (Phi) is 2.51. The molecule has 0 aliphatic heterocycles. The van der Waals surface area contributed by atoms with Crippen LogP contribution in [0.1, 0.15) is 14.7 Å². The summed E-state index contributed by atoms with van der Waals surface area (Å²) in [5, 5.41) is 1.26. The molecule has 0 saturated heterocycles. The van der Waals surface area contributed by atoms with Crippen molar-refractivity contribution in [3.05, 3.63) is 9.88 Å². The van der Waals surface area contributed by atoms with Crippen LogP contribution in [0.4, 0.5) is 0 Å². The van der Waals surface area contributed by atoms with Crippen LogP contribution in [0.25, 0.3) is 0 Å². The molecule has 0 N–H and O–H groups in total. The highest BCUT2D eigenvalue weighted by Crippen LogP contribution is 2.21. The van der Waals surface area contributed by atoms with Crippen molar-refractivity contribution in [1.82, 2.24) is 4.98 Å². The summed E-state index contributed by atoms with van der Waals surface area (Å²) in [7, 11) is 1.34. The van der Waals surface area contributed by atoms with Gasteiger partial charge in [0.15, 0.2) is 0 Å². The molecular weight excluding hydrogens is 182 g/mol. The van der Waals surface area contributed by atoms with E-state index in [2.05, 4.69) is 22.3 Å². The van der Waals surface area contributed by atoms with Gasteiger partial charge in [-0.25, -0.2) is 9.78 Å². The van der Waals surface area contributed by atoms with Crippen LogP contribution in [0.5, 0.6) is 0 Å². The summed E-state index contributed by atoms with van der Waals surface area (Å²) in [4.78, 5) is 15.4. The van der Waals surface area contributed by atoms with Crippen LogP contribution in [-0.2, 0) is 4.74 Å². The number of rotatable bonds is 1. The number of carbonyl (C=O) groups is 1. The molecule has 11 heavy (non-hydrogen) atoms. The van der Waals surface area contributed by atoms with Crippen LogP contribution in [0, 0.1) is 6.92 Å². The molecule has 0 fully saturated rings. The van der Waals surface area contributed by atoms with Crippen LogP contribution in [0.2, 0.25) is 0 Å². The van der Waals surface area contributed by atoms with E-state index in [9.17, 15) is 4.79 Å². The highest BCUT2D eigenvalue weighted by Gasteiger charge is 2.13. The average molecular weight is 189 g/mol. The number of hydrogen-bond donors (Lipinski definition) is 1. The van der Waals surface area contributed by atoms with E-state index in [1.54, 1.807) is 0 Å². The molecule has 0 atom stereocenters. The standard InChI is InChI=1S/C6H7NO2S2/c1-3-7-5(10)4(11-3)6(8)9-2/h10H,1-2H3. The number of carbonyl (C=O) groups excluding carboxylic acids is 1. The van der Waals surface area contributed by atoms with Crippen LogP contribution >= 0.6 is 24.0 Å². The van der Waals surface area contributed by atoms with Gasteiger partial charge in [0.25, 0.3) is 0 Å². The first kappa shape index (κ1) is 8.55. The minimum Gasteiger partial charge on any atom is -0.465 e. The Morgan fingerprint density at radius 1 is 1.73 bits per heavy atom. The van der Waals surface area contributed by atoms with Crippen LogP contribution in [0.3, 0.4) is 0 Å². The predicted octanol–water partition coefficient (Wildman–Crippen LogP) is 1.53. The third-order valence-corrected chi connectivity index (χ3v) is 2.51. The Morgan fingerprint density at radius 2 is 2.36 bits per heavy atom. The molecule has 5 heteroatoms. The van der Waals surface area contributed by atoms with Crippen molar-refractivity contribution in [2.24, 2.45) is 0 Å². The topological polar surface area (TPSA) is 39.2 Å². The quantitative estimate of drug-likeness (QED) is 0.538. The van der Waals surface area contributed by atoms with Gasteiger partial charge >= 0.3 is 5.97 Å². The summed E-state index contributed by atoms with van der Waals surface area (Å²) < 4.78 is 4.51. The molecule has 3 nitrogen and oxygen atoms in total. The van der Waals surface area contributed by atoms with Gasteiger partial charge in [-0.1, -0.05) is 0 Å². The fraction of sp³-hybridized carbons (Fsp3) is 0.333. The van der Waals surface area contributed by atoms with Crippen molar-refractivity contribution >= 4 is 29.9 Å².